The third kappa shape index (κ3) is 6.49. The number of imide groups is 1. The van der Waals surface area contributed by atoms with Crippen LogP contribution < -0.4 is 21.9 Å². The number of rotatable bonds is 7. The van der Waals surface area contributed by atoms with Gasteiger partial charge >= 0.3 is 5.69 Å². The van der Waals surface area contributed by atoms with Gasteiger partial charge in [-0.2, -0.15) is 5.10 Å². The molecule has 0 bridgehead atoms. The Hall–Kier alpha value is -5.37. The maximum absolute atomic E-state index is 13.4. The van der Waals surface area contributed by atoms with E-state index >= 15 is 0 Å². The summed E-state index contributed by atoms with van der Waals surface area (Å²) in [5.74, 6) is 0.211. The zero-order chi connectivity index (χ0) is 37.0. The lowest BCUT2D eigenvalue weighted by molar-refractivity contribution is -0.135. The summed E-state index contributed by atoms with van der Waals surface area (Å²) in [7, 11) is 3.41. The minimum atomic E-state index is -0.689. The van der Waals surface area contributed by atoms with Crippen molar-refractivity contribution in [1.82, 2.24) is 38.7 Å². The van der Waals surface area contributed by atoms with Crippen molar-refractivity contribution in [1.29, 1.82) is 0 Å². The van der Waals surface area contributed by atoms with Gasteiger partial charge in [-0.1, -0.05) is 18.2 Å². The number of carbonyl (C=O) groups is 3. The molecule has 3 aliphatic rings. The predicted octanol–water partition coefficient (Wildman–Crippen LogP) is 3.93. The molecule has 5 aromatic rings. The molecular weight excluding hydrogens is 674 g/mol. The molecule has 1 saturated carbocycles. The number of likely N-dealkylation sites (tertiary alicyclic amines) is 1. The van der Waals surface area contributed by atoms with Crippen LogP contribution >= 0.6 is 0 Å². The second-order valence-corrected chi connectivity index (χ2v) is 15.1. The molecule has 2 aliphatic heterocycles. The topological polar surface area (TPSA) is 158 Å². The van der Waals surface area contributed by atoms with Gasteiger partial charge in [-0.3, -0.25) is 42.9 Å². The second kappa shape index (κ2) is 13.9. The molecule has 0 spiro atoms. The van der Waals surface area contributed by atoms with Gasteiger partial charge in [0.25, 0.3) is 11.5 Å². The molecule has 53 heavy (non-hydrogen) atoms. The number of anilines is 1. The molecule has 6 heterocycles. The fourth-order valence-electron chi connectivity index (χ4n) is 8.76. The molecule has 14 nitrogen and oxygen atoms in total. The number of hydrogen-bond acceptors (Lipinski definition) is 8. The molecule has 8 rings (SSSR count). The van der Waals surface area contributed by atoms with Crippen LogP contribution in [0.3, 0.4) is 0 Å². The zero-order valence-corrected chi connectivity index (χ0v) is 30.4. The summed E-state index contributed by atoms with van der Waals surface area (Å²) in [5, 5.41) is 10.7. The first kappa shape index (κ1) is 34.7. The molecule has 1 unspecified atom stereocenters. The highest BCUT2D eigenvalue weighted by atomic mass is 16.2. The monoisotopic (exact) mass is 719 g/mol. The maximum Gasteiger partial charge on any atom is 0.329 e. The average Bonchev–Trinajstić information content (AvgIpc) is 3.69. The smallest absolute Gasteiger partial charge is 0.307 e. The lowest BCUT2D eigenvalue weighted by Gasteiger charge is -2.37. The molecule has 276 valence electrons. The third-order valence-corrected chi connectivity index (χ3v) is 11.7. The number of hydrogen-bond donors (Lipinski definition) is 2. The van der Waals surface area contributed by atoms with Gasteiger partial charge < -0.3 is 10.2 Å². The molecule has 4 aromatic heterocycles. The van der Waals surface area contributed by atoms with Crippen molar-refractivity contribution >= 4 is 45.5 Å². The Morgan fingerprint density at radius 1 is 0.925 bits per heavy atom. The Morgan fingerprint density at radius 3 is 2.42 bits per heavy atom. The molecule has 2 N–H and O–H groups in total. The highest BCUT2D eigenvalue weighted by molar-refractivity contribution is 6.03. The average molecular weight is 720 g/mol. The van der Waals surface area contributed by atoms with Gasteiger partial charge in [-0.05, 0) is 107 Å². The van der Waals surface area contributed by atoms with E-state index in [0.717, 1.165) is 80.4 Å². The van der Waals surface area contributed by atoms with Gasteiger partial charge in [0.05, 0.1) is 17.1 Å². The Balaban J connectivity index is 0.886. The standard InChI is InChI=1S/C39H45N9O5/c1-23-6-4-8-29(40-23)36(50)41-32-20-26-22-47(43-34(26)38(52)44(32)2)27-12-10-24(11-13-27)21-46-18-16-25(17-19-46)28-7-5-9-30-35(28)45(3)39(53)48(30)31-14-15-33(49)42-37(31)51/h4-9,20,22,24-25,27,31H,10-19,21H2,1-3H3,(H,41,50)(H,42,49,51). The maximum atomic E-state index is 13.4. The quantitative estimate of drug-likeness (QED) is 0.240. The van der Waals surface area contributed by atoms with Crippen molar-refractivity contribution in [2.45, 2.75) is 76.3 Å². The van der Waals surface area contributed by atoms with Crippen molar-refractivity contribution < 1.29 is 14.4 Å². The van der Waals surface area contributed by atoms with Gasteiger partial charge in [0.1, 0.15) is 17.6 Å². The highest BCUT2D eigenvalue weighted by Crippen LogP contribution is 2.37. The molecule has 0 radical (unpaired) electrons. The van der Waals surface area contributed by atoms with Crippen LogP contribution in [0.5, 0.6) is 0 Å². The lowest BCUT2D eigenvalue weighted by Crippen LogP contribution is -2.44. The van der Waals surface area contributed by atoms with Crippen LogP contribution in [0.1, 0.15) is 91.1 Å². The number of para-hydroxylation sites is 1. The van der Waals surface area contributed by atoms with E-state index in [0.29, 0.717) is 40.7 Å². The van der Waals surface area contributed by atoms with Gasteiger partial charge in [0.15, 0.2) is 5.52 Å². The second-order valence-electron chi connectivity index (χ2n) is 15.1. The molecule has 1 aliphatic carbocycles. The van der Waals surface area contributed by atoms with E-state index in [1.54, 1.807) is 41.4 Å². The molecule has 3 fully saturated rings. The zero-order valence-electron chi connectivity index (χ0n) is 30.4. The minimum Gasteiger partial charge on any atom is -0.307 e. The van der Waals surface area contributed by atoms with E-state index < -0.39 is 11.9 Å². The minimum absolute atomic E-state index is 0.211. The van der Waals surface area contributed by atoms with E-state index in [2.05, 4.69) is 26.6 Å². The number of aromatic nitrogens is 6. The number of nitrogens with one attached hydrogen (secondary N) is 2. The van der Waals surface area contributed by atoms with Crippen LogP contribution in [-0.4, -0.2) is 70.7 Å². The number of amides is 3. The number of aryl methyl sites for hydroxylation is 2. The summed E-state index contributed by atoms with van der Waals surface area (Å²) in [6.45, 7) is 4.84. The van der Waals surface area contributed by atoms with Gasteiger partial charge in [-0.25, -0.2) is 9.78 Å². The third-order valence-electron chi connectivity index (χ3n) is 11.7. The van der Waals surface area contributed by atoms with E-state index in [4.69, 9.17) is 5.10 Å². The molecule has 2 saturated heterocycles. The first-order valence-electron chi connectivity index (χ1n) is 18.7. The summed E-state index contributed by atoms with van der Waals surface area (Å²) < 4.78 is 6.61. The fraction of sp³-hybridized carbons (Fsp3) is 0.462. The summed E-state index contributed by atoms with van der Waals surface area (Å²) in [5.41, 5.74) is 3.71. The fourth-order valence-corrected chi connectivity index (χ4v) is 8.76. The van der Waals surface area contributed by atoms with Crippen LogP contribution in [0.15, 0.2) is 58.3 Å². The SMILES string of the molecule is Cc1cccc(C(=O)Nc2cc3cn(C4CCC(CN5CCC(c6cccc7c6n(C)c(=O)n7C6CCC(=O)NC6=O)CC5)CC4)nc3c(=O)n2C)n1. The molecule has 14 heteroatoms. The van der Waals surface area contributed by atoms with Crippen molar-refractivity contribution in [3.05, 3.63) is 86.5 Å². The lowest BCUT2D eigenvalue weighted by atomic mass is 9.84. The Morgan fingerprint density at radius 2 is 1.68 bits per heavy atom. The summed E-state index contributed by atoms with van der Waals surface area (Å²) in [6, 6.07) is 12.6. The Bertz CT molecular complexity index is 2370. The number of nitrogens with zero attached hydrogens (tertiary/aromatic N) is 7. The summed E-state index contributed by atoms with van der Waals surface area (Å²) in [4.78, 5) is 70.9. The molecule has 1 atom stereocenters. The van der Waals surface area contributed by atoms with Crippen LogP contribution in [0.25, 0.3) is 21.9 Å². The first-order chi connectivity index (χ1) is 25.5. The van der Waals surface area contributed by atoms with Crippen LogP contribution in [0, 0.1) is 12.8 Å². The van der Waals surface area contributed by atoms with Crippen LogP contribution in [0.2, 0.25) is 0 Å². The molecule has 1 aromatic carbocycles. The van der Waals surface area contributed by atoms with Gasteiger partial charge in [0, 0.05) is 44.3 Å². The van der Waals surface area contributed by atoms with Crippen LogP contribution in [0.4, 0.5) is 5.82 Å². The Kier molecular flexibility index (Phi) is 9.09. The molecule has 3 amide bonds. The number of fused-ring (bicyclic) bond motifs is 2. The number of pyridine rings is 2. The van der Waals surface area contributed by atoms with Crippen molar-refractivity contribution in [2.24, 2.45) is 20.0 Å². The number of benzene rings is 1. The number of carbonyl (C=O) groups excluding carboxylic acids is 3. The van der Waals surface area contributed by atoms with E-state index in [1.165, 1.54) is 4.57 Å². The normalized spacial score (nSPS) is 21.7. The van der Waals surface area contributed by atoms with Gasteiger partial charge in [-0.15, -0.1) is 0 Å². The van der Waals surface area contributed by atoms with E-state index in [9.17, 15) is 24.0 Å². The number of imidazole rings is 1. The van der Waals surface area contributed by atoms with Crippen LogP contribution in [-0.2, 0) is 23.7 Å². The highest BCUT2D eigenvalue weighted by Gasteiger charge is 2.33. The van der Waals surface area contributed by atoms with Gasteiger partial charge in [0.2, 0.25) is 11.8 Å². The molecular formula is C39H45N9O5. The van der Waals surface area contributed by atoms with Crippen molar-refractivity contribution in [3.8, 4) is 0 Å². The Labute approximate surface area is 305 Å². The van der Waals surface area contributed by atoms with E-state index in [1.807, 2.05) is 36.0 Å². The largest absolute Gasteiger partial charge is 0.329 e. The summed E-state index contributed by atoms with van der Waals surface area (Å²) >= 11 is 0. The first-order valence-corrected chi connectivity index (χ1v) is 18.7. The predicted molar refractivity (Wildman–Crippen MR) is 200 cm³/mol. The van der Waals surface area contributed by atoms with Crippen molar-refractivity contribution in [3.63, 3.8) is 0 Å². The number of piperidine rings is 2. The van der Waals surface area contributed by atoms with E-state index in [-0.39, 0.29) is 35.5 Å². The van der Waals surface area contributed by atoms with Crippen molar-refractivity contribution in [2.75, 3.05) is 25.0 Å². The summed E-state index contributed by atoms with van der Waals surface area (Å²) in [6.07, 6.45) is 8.59.